The molecule has 1 unspecified atom stereocenters. The van der Waals surface area contributed by atoms with Crippen LogP contribution in [0.25, 0.3) is 0 Å². The fourth-order valence-corrected chi connectivity index (χ4v) is 1.94. The number of nitrogens with one attached hydrogen (secondary N) is 1. The van der Waals surface area contributed by atoms with Gasteiger partial charge in [-0.2, -0.15) is 0 Å². The molecule has 1 atom stereocenters. The Kier molecular flexibility index (Phi) is 2.98. The normalized spacial score (nSPS) is 20.1. The summed E-state index contributed by atoms with van der Waals surface area (Å²) >= 11 is 0. The Balaban J connectivity index is 2.45. The number of ether oxygens (including phenoxy) is 1. The highest BCUT2D eigenvalue weighted by Crippen LogP contribution is 2.30. The molecule has 1 aromatic rings. The number of fused-ring (bicyclic) bond motifs is 1. The lowest BCUT2D eigenvalue weighted by molar-refractivity contribution is 0.0399. The van der Waals surface area contributed by atoms with Crippen LogP contribution in [-0.4, -0.2) is 20.2 Å². The molecule has 0 fully saturated rings. The Bertz CT molecular complexity index is 368. The number of halogens is 2. The molecule has 0 radical (unpaired) electrons. The van der Waals surface area contributed by atoms with Crippen LogP contribution in [0.3, 0.4) is 0 Å². The van der Waals surface area contributed by atoms with Gasteiger partial charge < -0.3 is 10.1 Å². The maximum Gasteiger partial charge on any atom is 0.129 e. The Morgan fingerprint density at radius 2 is 2.13 bits per heavy atom. The quantitative estimate of drug-likeness (QED) is 0.808. The smallest absolute Gasteiger partial charge is 0.129 e. The van der Waals surface area contributed by atoms with Crippen molar-refractivity contribution in [2.75, 3.05) is 20.2 Å². The molecule has 0 aromatic heterocycles. The molecule has 1 aliphatic heterocycles. The molecule has 2 nitrogen and oxygen atoms in total. The van der Waals surface area contributed by atoms with Crippen molar-refractivity contribution in [1.29, 1.82) is 0 Å². The van der Waals surface area contributed by atoms with Crippen molar-refractivity contribution in [2.45, 2.75) is 12.5 Å². The molecule has 0 saturated carbocycles. The molecule has 1 heterocycles. The van der Waals surface area contributed by atoms with Crippen molar-refractivity contribution in [3.8, 4) is 0 Å². The van der Waals surface area contributed by atoms with Gasteiger partial charge in [-0.15, -0.1) is 0 Å². The zero-order valence-corrected chi connectivity index (χ0v) is 8.52. The van der Waals surface area contributed by atoms with Gasteiger partial charge in [0.1, 0.15) is 11.6 Å². The summed E-state index contributed by atoms with van der Waals surface area (Å²) in [6.45, 7) is 0.938. The molecule has 0 bridgehead atoms. The standard InChI is InChI=1S/C11H13F2NO/c1-14-6-10-11-7(4-5-15-10)8(12)2-3-9(11)13/h2-3,10,14H,4-6H2,1H3. The lowest BCUT2D eigenvalue weighted by Gasteiger charge is -2.26. The van der Waals surface area contributed by atoms with E-state index < -0.39 is 0 Å². The van der Waals surface area contributed by atoms with Crippen LogP contribution in [0.4, 0.5) is 8.78 Å². The largest absolute Gasteiger partial charge is 0.372 e. The van der Waals surface area contributed by atoms with Gasteiger partial charge >= 0.3 is 0 Å². The fourth-order valence-electron chi connectivity index (χ4n) is 1.94. The van der Waals surface area contributed by atoms with E-state index in [9.17, 15) is 8.78 Å². The first-order valence-corrected chi connectivity index (χ1v) is 4.97. The SMILES string of the molecule is CNCC1OCCc2c(F)ccc(F)c21. The minimum atomic E-state index is -0.383. The van der Waals surface area contributed by atoms with E-state index in [4.69, 9.17) is 4.74 Å². The van der Waals surface area contributed by atoms with Gasteiger partial charge in [0.15, 0.2) is 0 Å². The van der Waals surface area contributed by atoms with Crippen LogP contribution in [-0.2, 0) is 11.2 Å². The molecule has 4 heteroatoms. The van der Waals surface area contributed by atoms with Crippen molar-refractivity contribution < 1.29 is 13.5 Å². The molecule has 1 aliphatic rings. The van der Waals surface area contributed by atoms with Gasteiger partial charge in [-0.05, 0) is 31.2 Å². The average molecular weight is 213 g/mol. The van der Waals surface area contributed by atoms with Gasteiger partial charge in [-0.1, -0.05) is 0 Å². The maximum absolute atomic E-state index is 13.6. The van der Waals surface area contributed by atoms with Gasteiger partial charge in [0.2, 0.25) is 0 Å². The Morgan fingerprint density at radius 1 is 1.40 bits per heavy atom. The first-order chi connectivity index (χ1) is 7.24. The Morgan fingerprint density at radius 3 is 2.87 bits per heavy atom. The molecule has 0 amide bonds. The van der Waals surface area contributed by atoms with E-state index in [1.54, 1.807) is 7.05 Å². The molecule has 0 saturated heterocycles. The van der Waals surface area contributed by atoms with Crippen molar-refractivity contribution in [3.63, 3.8) is 0 Å². The predicted molar refractivity (Wildman–Crippen MR) is 52.7 cm³/mol. The lowest BCUT2D eigenvalue weighted by Crippen LogP contribution is -2.27. The Labute approximate surface area is 87.2 Å². The van der Waals surface area contributed by atoms with Crippen molar-refractivity contribution >= 4 is 0 Å². The molecule has 2 rings (SSSR count). The topological polar surface area (TPSA) is 21.3 Å². The number of hydrogen-bond donors (Lipinski definition) is 1. The number of benzene rings is 1. The van der Waals surface area contributed by atoms with Crippen LogP contribution in [0.1, 0.15) is 17.2 Å². The Hall–Kier alpha value is -1.00. The monoisotopic (exact) mass is 213 g/mol. The molecule has 15 heavy (non-hydrogen) atoms. The third kappa shape index (κ3) is 1.87. The summed E-state index contributed by atoms with van der Waals surface area (Å²) in [7, 11) is 1.76. The van der Waals surface area contributed by atoms with Crippen LogP contribution >= 0.6 is 0 Å². The molecular weight excluding hydrogens is 200 g/mol. The minimum absolute atomic E-state index is 0.337. The zero-order chi connectivity index (χ0) is 10.8. The van der Waals surface area contributed by atoms with Gasteiger partial charge in [0, 0.05) is 12.1 Å². The van der Waals surface area contributed by atoms with Crippen molar-refractivity contribution in [1.82, 2.24) is 5.32 Å². The van der Waals surface area contributed by atoms with Gasteiger partial charge in [-0.3, -0.25) is 0 Å². The third-order valence-electron chi connectivity index (χ3n) is 2.63. The lowest BCUT2D eigenvalue weighted by atomic mass is 9.96. The second kappa shape index (κ2) is 4.24. The van der Waals surface area contributed by atoms with Crippen LogP contribution in [0.15, 0.2) is 12.1 Å². The second-order valence-corrected chi connectivity index (χ2v) is 3.59. The van der Waals surface area contributed by atoms with Crippen molar-refractivity contribution in [2.24, 2.45) is 0 Å². The van der Waals surface area contributed by atoms with E-state index in [0.717, 1.165) is 6.07 Å². The van der Waals surface area contributed by atoms with Gasteiger partial charge in [0.05, 0.1) is 12.7 Å². The average Bonchev–Trinajstić information content (AvgIpc) is 2.24. The number of hydrogen-bond acceptors (Lipinski definition) is 2. The van der Waals surface area contributed by atoms with E-state index in [2.05, 4.69) is 5.32 Å². The van der Waals surface area contributed by atoms with Crippen LogP contribution in [0.5, 0.6) is 0 Å². The highest BCUT2D eigenvalue weighted by atomic mass is 19.1. The summed E-state index contributed by atoms with van der Waals surface area (Å²) in [4.78, 5) is 0. The minimum Gasteiger partial charge on any atom is -0.372 e. The number of likely N-dealkylation sites (N-methyl/N-ethyl adjacent to an activating group) is 1. The van der Waals surface area contributed by atoms with Gasteiger partial charge in [0.25, 0.3) is 0 Å². The molecule has 0 spiro atoms. The fraction of sp³-hybridized carbons (Fsp3) is 0.455. The van der Waals surface area contributed by atoms with E-state index in [-0.39, 0.29) is 17.7 Å². The van der Waals surface area contributed by atoms with E-state index in [1.165, 1.54) is 6.07 Å². The maximum atomic E-state index is 13.6. The van der Waals surface area contributed by atoms with Crippen LogP contribution in [0, 0.1) is 11.6 Å². The summed E-state index contributed by atoms with van der Waals surface area (Å²) in [6, 6.07) is 2.33. The first-order valence-electron chi connectivity index (χ1n) is 4.97. The summed E-state index contributed by atoms with van der Waals surface area (Å²) in [6.07, 6.45) is 0.0635. The predicted octanol–water partition coefficient (Wildman–Crippen LogP) is 1.80. The highest BCUT2D eigenvalue weighted by Gasteiger charge is 2.26. The van der Waals surface area contributed by atoms with E-state index >= 15 is 0 Å². The number of rotatable bonds is 2. The third-order valence-corrected chi connectivity index (χ3v) is 2.63. The summed E-state index contributed by atoms with van der Waals surface area (Å²) in [5.74, 6) is -0.720. The second-order valence-electron chi connectivity index (χ2n) is 3.59. The van der Waals surface area contributed by atoms with Crippen LogP contribution in [0.2, 0.25) is 0 Å². The molecule has 1 aromatic carbocycles. The zero-order valence-electron chi connectivity index (χ0n) is 8.52. The molecule has 0 aliphatic carbocycles. The summed E-state index contributed by atoms with van der Waals surface area (Å²) in [5.41, 5.74) is 0.831. The molecular formula is C11H13F2NO. The molecule has 82 valence electrons. The van der Waals surface area contributed by atoms with E-state index in [0.29, 0.717) is 30.7 Å². The van der Waals surface area contributed by atoms with Crippen LogP contribution < -0.4 is 5.32 Å². The van der Waals surface area contributed by atoms with Crippen molar-refractivity contribution in [3.05, 3.63) is 34.9 Å². The first kappa shape index (κ1) is 10.5. The summed E-state index contributed by atoms with van der Waals surface area (Å²) < 4.78 is 32.4. The summed E-state index contributed by atoms with van der Waals surface area (Å²) in [5, 5.41) is 2.91. The highest BCUT2D eigenvalue weighted by molar-refractivity contribution is 5.34. The van der Waals surface area contributed by atoms with E-state index in [1.807, 2.05) is 0 Å². The van der Waals surface area contributed by atoms with Gasteiger partial charge in [-0.25, -0.2) is 8.78 Å². The molecule has 1 N–H and O–H groups in total.